The third-order valence-corrected chi connectivity index (χ3v) is 3.78. The zero-order valence-corrected chi connectivity index (χ0v) is 14.1. The number of nitro groups is 1. The monoisotopic (exact) mass is 358 g/mol. The zero-order chi connectivity index (χ0) is 19.0. The molecule has 0 aliphatic heterocycles. The number of ether oxygens (including phenoxy) is 2. The van der Waals surface area contributed by atoms with Gasteiger partial charge in [0.2, 0.25) is 0 Å². The van der Waals surface area contributed by atoms with Crippen molar-refractivity contribution in [1.29, 1.82) is 0 Å². The van der Waals surface area contributed by atoms with Gasteiger partial charge in [-0.05, 0) is 31.2 Å². The van der Waals surface area contributed by atoms with Gasteiger partial charge in [0.25, 0.3) is 5.91 Å². The topological polar surface area (TPSA) is 114 Å². The number of carbonyl (C=O) groups is 2. The number of methoxy groups -OCH3 is 1. The number of fused-ring (bicyclic) bond motifs is 1. The zero-order valence-electron chi connectivity index (χ0n) is 14.1. The molecule has 134 valence electrons. The molecule has 0 saturated carbocycles. The van der Waals surface area contributed by atoms with Gasteiger partial charge < -0.3 is 13.9 Å². The Morgan fingerprint density at radius 2 is 1.96 bits per heavy atom. The molecule has 0 unspecified atom stereocenters. The molecule has 3 rings (SSSR count). The van der Waals surface area contributed by atoms with Gasteiger partial charge in [-0.2, -0.15) is 0 Å². The van der Waals surface area contributed by atoms with Gasteiger partial charge in [-0.3, -0.25) is 24.3 Å². The van der Waals surface area contributed by atoms with Gasteiger partial charge >= 0.3 is 11.9 Å². The highest BCUT2D eigenvalue weighted by Gasteiger charge is 2.25. The SMILES string of the molecule is COc1ccc2c(c1)c(OC(C)=O)c(C)n2C(=O)c1ccc([N+](=O)[O-])o1. The molecule has 26 heavy (non-hydrogen) atoms. The Kier molecular flexibility index (Phi) is 4.21. The summed E-state index contributed by atoms with van der Waals surface area (Å²) in [6.45, 7) is 2.85. The predicted octanol–water partition coefficient (Wildman–Crippen LogP) is 3.07. The predicted molar refractivity (Wildman–Crippen MR) is 89.6 cm³/mol. The lowest BCUT2D eigenvalue weighted by atomic mass is 10.2. The number of benzene rings is 1. The molecular formula is C17H14N2O7. The van der Waals surface area contributed by atoms with Crippen LogP contribution in [0.15, 0.2) is 34.7 Å². The Bertz CT molecular complexity index is 1040. The highest BCUT2D eigenvalue weighted by atomic mass is 16.6. The van der Waals surface area contributed by atoms with Gasteiger partial charge in [-0.25, -0.2) is 0 Å². The van der Waals surface area contributed by atoms with Crippen molar-refractivity contribution in [1.82, 2.24) is 4.57 Å². The lowest BCUT2D eigenvalue weighted by molar-refractivity contribution is -0.402. The van der Waals surface area contributed by atoms with E-state index in [1.165, 1.54) is 24.7 Å². The lowest BCUT2D eigenvalue weighted by Crippen LogP contribution is -2.13. The summed E-state index contributed by atoms with van der Waals surface area (Å²) in [7, 11) is 1.49. The molecule has 0 aliphatic rings. The molecule has 0 aliphatic carbocycles. The summed E-state index contributed by atoms with van der Waals surface area (Å²) in [5, 5.41) is 11.3. The van der Waals surface area contributed by atoms with Crippen LogP contribution in [-0.4, -0.2) is 28.5 Å². The number of hydrogen-bond acceptors (Lipinski definition) is 7. The molecule has 9 nitrogen and oxygen atoms in total. The molecule has 0 radical (unpaired) electrons. The molecule has 0 fully saturated rings. The van der Waals surface area contributed by atoms with E-state index in [2.05, 4.69) is 0 Å². The minimum Gasteiger partial charge on any atom is -0.497 e. The fourth-order valence-corrected chi connectivity index (χ4v) is 2.68. The Morgan fingerprint density at radius 1 is 1.23 bits per heavy atom. The van der Waals surface area contributed by atoms with Crippen molar-refractivity contribution in [3.63, 3.8) is 0 Å². The van der Waals surface area contributed by atoms with Crippen molar-refractivity contribution in [3.05, 3.63) is 51.9 Å². The molecule has 0 saturated heterocycles. The van der Waals surface area contributed by atoms with E-state index in [0.29, 0.717) is 22.3 Å². The maximum absolute atomic E-state index is 12.8. The van der Waals surface area contributed by atoms with E-state index in [1.54, 1.807) is 25.1 Å². The molecule has 3 aromatic rings. The molecule has 9 heteroatoms. The number of hydrogen-bond donors (Lipinski definition) is 0. The second kappa shape index (κ2) is 6.36. The van der Waals surface area contributed by atoms with Crippen molar-refractivity contribution >= 4 is 28.7 Å². The van der Waals surface area contributed by atoms with Gasteiger partial charge in [0.05, 0.1) is 24.4 Å². The summed E-state index contributed by atoms with van der Waals surface area (Å²) in [6, 6.07) is 7.23. The Morgan fingerprint density at radius 3 is 2.54 bits per heavy atom. The van der Waals surface area contributed by atoms with Crippen molar-refractivity contribution in [3.8, 4) is 11.5 Å². The fraction of sp³-hybridized carbons (Fsp3) is 0.176. The number of carbonyl (C=O) groups excluding carboxylic acids is 2. The van der Waals surface area contributed by atoms with Crippen LogP contribution >= 0.6 is 0 Å². The van der Waals surface area contributed by atoms with Gasteiger partial charge in [-0.1, -0.05) is 0 Å². The molecule has 0 bridgehead atoms. The van der Waals surface area contributed by atoms with Gasteiger partial charge in [0.1, 0.15) is 10.7 Å². The van der Waals surface area contributed by atoms with Crippen LogP contribution in [0.3, 0.4) is 0 Å². The maximum Gasteiger partial charge on any atom is 0.433 e. The first-order valence-electron chi connectivity index (χ1n) is 7.50. The minimum atomic E-state index is -0.730. The van der Waals surface area contributed by atoms with E-state index in [1.807, 2.05) is 0 Å². The van der Waals surface area contributed by atoms with Crippen LogP contribution in [0.25, 0.3) is 10.9 Å². The highest BCUT2D eigenvalue weighted by molar-refractivity contribution is 6.04. The molecule has 0 amide bonds. The van der Waals surface area contributed by atoms with E-state index in [-0.39, 0.29) is 11.5 Å². The molecule has 1 aromatic carbocycles. The van der Waals surface area contributed by atoms with Crippen molar-refractivity contribution in [2.75, 3.05) is 7.11 Å². The number of rotatable bonds is 4. The van der Waals surface area contributed by atoms with Crippen LogP contribution in [0.5, 0.6) is 11.5 Å². The molecular weight excluding hydrogens is 344 g/mol. The molecule has 0 atom stereocenters. The van der Waals surface area contributed by atoms with Crippen molar-refractivity contribution < 1.29 is 28.4 Å². The smallest absolute Gasteiger partial charge is 0.433 e. The molecule has 2 heterocycles. The van der Waals surface area contributed by atoms with Gasteiger partial charge in [0, 0.05) is 12.3 Å². The normalized spacial score (nSPS) is 10.7. The average molecular weight is 358 g/mol. The maximum atomic E-state index is 12.8. The van der Waals surface area contributed by atoms with Crippen LogP contribution in [-0.2, 0) is 4.79 Å². The molecule has 0 spiro atoms. The van der Waals surface area contributed by atoms with Crippen LogP contribution in [0.2, 0.25) is 0 Å². The first kappa shape index (κ1) is 17.2. The number of aromatic nitrogens is 1. The average Bonchev–Trinajstić information content (AvgIpc) is 3.18. The largest absolute Gasteiger partial charge is 0.497 e. The van der Waals surface area contributed by atoms with E-state index in [9.17, 15) is 19.7 Å². The molecule has 2 aromatic heterocycles. The van der Waals surface area contributed by atoms with Gasteiger partial charge in [-0.15, -0.1) is 0 Å². The van der Waals surface area contributed by atoms with E-state index in [0.717, 1.165) is 6.07 Å². The summed E-state index contributed by atoms with van der Waals surface area (Å²) < 4.78 is 16.7. The van der Waals surface area contributed by atoms with Crippen LogP contribution in [0.4, 0.5) is 5.88 Å². The fourth-order valence-electron chi connectivity index (χ4n) is 2.68. The number of esters is 1. The van der Waals surface area contributed by atoms with Gasteiger partial charge in [0.15, 0.2) is 11.5 Å². The number of furan rings is 1. The van der Waals surface area contributed by atoms with Crippen molar-refractivity contribution in [2.24, 2.45) is 0 Å². The van der Waals surface area contributed by atoms with Crippen molar-refractivity contribution in [2.45, 2.75) is 13.8 Å². The third-order valence-electron chi connectivity index (χ3n) is 3.78. The standard InChI is InChI=1S/C17H14N2O7/c1-9-16(25-10(2)20)12-8-11(24-3)4-5-13(12)18(9)17(21)14-6-7-15(26-14)19(22)23/h4-8H,1-3H3. The Hall–Kier alpha value is -3.62. The summed E-state index contributed by atoms with van der Waals surface area (Å²) in [4.78, 5) is 34.3. The Balaban J connectivity index is 2.21. The first-order valence-corrected chi connectivity index (χ1v) is 7.50. The summed E-state index contributed by atoms with van der Waals surface area (Å²) >= 11 is 0. The highest BCUT2D eigenvalue weighted by Crippen LogP contribution is 2.36. The Labute approximate surface area is 146 Å². The van der Waals surface area contributed by atoms with Crippen LogP contribution in [0, 0.1) is 17.0 Å². The number of nitrogens with zero attached hydrogens (tertiary/aromatic N) is 2. The first-order chi connectivity index (χ1) is 12.3. The summed E-state index contributed by atoms with van der Waals surface area (Å²) in [5.41, 5.74) is 0.802. The van der Waals surface area contributed by atoms with E-state index in [4.69, 9.17) is 13.9 Å². The molecule has 0 N–H and O–H groups in total. The quantitative estimate of drug-likeness (QED) is 0.400. The third kappa shape index (κ3) is 2.79. The summed E-state index contributed by atoms with van der Waals surface area (Å²) in [5.74, 6) is -1.18. The summed E-state index contributed by atoms with van der Waals surface area (Å²) in [6.07, 6.45) is 0. The van der Waals surface area contributed by atoms with E-state index < -0.39 is 22.7 Å². The minimum absolute atomic E-state index is 0.207. The van der Waals surface area contributed by atoms with E-state index >= 15 is 0 Å². The second-order valence-electron chi connectivity index (χ2n) is 5.43. The lowest BCUT2D eigenvalue weighted by Gasteiger charge is -2.05. The second-order valence-corrected chi connectivity index (χ2v) is 5.43. The van der Waals surface area contributed by atoms with Crippen LogP contribution in [0.1, 0.15) is 23.2 Å². The van der Waals surface area contributed by atoms with Crippen LogP contribution < -0.4 is 9.47 Å².